The SMILES string of the molecule is C/C=C/CC(O)(Cc1cccc(CCC)c1)[C@@H](O)[C@@](O)(Cc1cccc(CCC)c1)[C@H](O)[C@@H](O)CO. The Balaban J connectivity index is 2.52. The molecule has 0 aliphatic carbocycles. The average molecular weight is 501 g/mol. The van der Waals surface area contributed by atoms with E-state index in [0.717, 1.165) is 42.4 Å². The second-order valence-electron chi connectivity index (χ2n) is 9.96. The molecule has 0 fully saturated rings. The maximum atomic E-state index is 11.8. The van der Waals surface area contributed by atoms with E-state index >= 15 is 0 Å². The molecule has 6 heteroatoms. The maximum Gasteiger partial charge on any atom is 0.126 e. The van der Waals surface area contributed by atoms with Gasteiger partial charge in [0, 0.05) is 12.8 Å². The lowest BCUT2D eigenvalue weighted by Crippen LogP contribution is -2.66. The molecule has 5 atom stereocenters. The third kappa shape index (κ3) is 7.72. The van der Waals surface area contributed by atoms with Gasteiger partial charge in [0.2, 0.25) is 0 Å². The molecule has 0 saturated carbocycles. The van der Waals surface area contributed by atoms with Crippen molar-refractivity contribution in [2.45, 2.75) is 95.2 Å². The van der Waals surface area contributed by atoms with Crippen molar-refractivity contribution in [2.75, 3.05) is 6.61 Å². The van der Waals surface area contributed by atoms with E-state index in [1.54, 1.807) is 25.1 Å². The molecule has 0 amide bonds. The van der Waals surface area contributed by atoms with Crippen LogP contribution in [0.25, 0.3) is 0 Å². The Kier molecular flexibility index (Phi) is 11.8. The molecular weight excluding hydrogens is 456 g/mol. The van der Waals surface area contributed by atoms with Crippen LogP contribution < -0.4 is 0 Å². The van der Waals surface area contributed by atoms with E-state index in [9.17, 15) is 30.6 Å². The number of aliphatic hydroxyl groups is 6. The summed E-state index contributed by atoms with van der Waals surface area (Å²) in [6.07, 6.45) is 1.42. The van der Waals surface area contributed by atoms with Gasteiger partial charge in [0.15, 0.2) is 0 Å². The van der Waals surface area contributed by atoms with Crippen LogP contribution in [0.4, 0.5) is 0 Å². The maximum absolute atomic E-state index is 11.8. The van der Waals surface area contributed by atoms with Crippen molar-refractivity contribution in [3.8, 4) is 0 Å². The highest BCUT2D eigenvalue weighted by Gasteiger charge is 2.54. The highest BCUT2D eigenvalue weighted by molar-refractivity contribution is 5.29. The average Bonchev–Trinajstić information content (AvgIpc) is 2.86. The normalized spacial score (nSPS) is 17.9. The Morgan fingerprint density at radius 2 is 1.31 bits per heavy atom. The number of aryl methyl sites for hydroxylation is 2. The third-order valence-corrected chi connectivity index (χ3v) is 6.81. The molecule has 6 nitrogen and oxygen atoms in total. The van der Waals surface area contributed by atoms with E-state index in [-0.39, 0.29) is 19.3 Å². The van der Waals surface area contributed by atoms with Gasteiger partial charge in [0.05, 0.1) is 6.61 Å². The minimum absolute atomic E-state index is 0.0167. The summed E-state index contributed by atoms with van der Waals surface area (Å²) in [7, 11) is 0. The molecule has 36 heavy (non-hydrogen) atoms. The molecule has 0 radical (unpaired) electrons. The molecular formula is C30H44O6. The van der Waals surface area contributed by atoms with E-state index in [0.29, 0.717) is 5.56 Å². The molecule has 6 N–H and O–H groups in total. The van der Waals surface area contributed by atoms with E-state index in [1.807, 2.05) is 42.5 Å². The lowest BCUT2D eigenvalue weighted by atomic mass is 9.71. The van der Waals surface area contributed by atoms with Crippen LogP contribution in [0, 0.1) is 0 Å². The number of hydrogen-bond acceptors (Lipinski definition) is 6. The van der Waals surface area contributed by atoms with Crippen molar-refractivity contribution in [3.05, 3.63) is 82.9 Å². The number of aliphatic hydroxyl groups excluding tert-OH is 4. The van der Waals surface area contributed by atoms with Gasteiger partial charge in [-0.05, 0) is 48.4 Å². The summed E-state index contributed by atoms with van der Waals surface area (Å²) in [5.41, 5.74) is -0.618. The Bertz CT molecular complexity index is 960. The molecule has 0 spiro atoms. The predicted octanol–water partition coefficient (Wildman–Crippen LogP) is 2.88. The van der Waals surface area contributed by atoms with Crippen LogP contribution in [-0.2, 0) is 25.7 Å². The van der Waals surface area contributed by atoms with Gasteiger partial charge in [-0.1, -0.05) is 87.4 Å². The molecule has 200 valence electrons. The highest BCUT2D eigenvalue weighted by atomic mass is 16.4. The van der Waals surface area contributed by atoms with Crippen LogP contribution in [0.2, 0.25) is 0 Å². The number of hydrogen-bond donors (Lipinski definition) is 6. The Morgan fingerprint density at radius 1 is 0.806 bits per heavy atom. The quantitative estimate of drug-likeness (QED) is 0.209. The minimum Gasteiger partial charge on any atom is -0.394 e. The minimum atomic E-state index is -2.34. The second-order valence-corrected chi connectivity index (χ2v) is 9.96. The number of allylic oxidation sites excluding steroid dienone is 1. The molecule has 0 aliphatic rings. The summed E-state index contributed by atoms with van der Waals surface area (Å²) >= 11 is 0. The first kappa shape index (κ1) is 30.2. The highest BCUT2D eigenvalue weighted by Crippen LogP contribution is 2.35. The topological polar surface area (TPSA) is 121 Å². The smallest absolute Gasteiger partial charge is 0.126 e. The van der Waals surface area contributed by atoms with Crippen molar-refractivity contribution in [1.82, 2.24) is 0 Å². The van der Waals surface area contributed by atoms with Gasteiger partial charge in [0.1, 0.15) is 29.5 Å². The standard InChI is InChI=1S/C30H44O6/c1-4-7-16-29(35,19-24-14-8-12-22(17-24)10-5-2)28(34)30(36,27(33)26(32)21-31)20-25-15-9-13-23(18-25)11-6-3/h4,7-9,12-15,17-18,26-28,31-36H,5-6,10-11,16,19-21H2,1-3H3/b7-4+/t26-,27+,28+,29?,30+/m0/s1. The monoisotopic (exact) mass is 500 g/mol. The van der Waals surface area contributed by atoms with Crippen LogP contribution in [-0.4, -0.2) is 66.8 Å². The van der Waals surface area contributed by atoms with Crippen molar-refractivity contribution in [2.24, 2.45) is 0 Å². The fourth-order valence-corrected chi connectivity index (χ4v) is 4.91. The first-order valence-corrected chi connectivity index (χ1v) is 13.0. The molecule has 0 aliphatic heterocycles. The van der Waals surface area contributed by atoms with E-state index < -0.39 is 36.1 Å². The van der Waals surface area contributed by atoms with Gasteiger partial charge >= 0.3 is 0 Å². The molecule has 0 heterocycles. The summed E-state index contributed by atoms with van der Waals surface area (Å²) < 4.78 is 0. The fourth-order valence-electron chi connectivity index (χ4n) is 4.91. The molecule has 2 rings (SSSR count). The van der Waals surface area contributed by atoms with Gasteiger partial charge in [-0.15, -0.1) is 0 Å². The van der Waals surface area contributed by atoms with Crippen LogP contribution >= 0.6 is 0 Å². The van der Waals surface area contributed by atoms with Crippen molar-refractivity contribution < 1.29 is 30.6 Å². The molecule has 0 aromatic heterocycles. The summed E-state index contributed by atoms with van der Waals surface area (Å²) in [4.78, 5) is 0. The lowest BCUT2D eigenvalue weighted by molar-refractivity contribution is -0.228. The third-order valence-electron chi connectivity index (χ3n) is 6.81. The number of rotatable bonds is 15. The summed E-state index contributed by atoms with van der Waals surface area (Å²) in [6.45, 7) is 5.14. The lowest BCUT2D eigenvalue weighted by Gasteiger charge is -2.46. The van der Waals surface area contributed by atoms with Crippen LogP contribution in [0.15, 0.2) is 60.7 Å². The van der Waals surface area contributed by atoms with E-state index in [1.165, 1.54) is 0 Å². The molecule has 1 unspecified atom stereocenters. The first-order valence-electron chi connectivity index (χ1n) is 13.0. The molecule has 2 aromatic rings. The van der Waals surface area contributed by atoms with Gasteiger partial charge in [0.25, 0.3) is 0 Å². The van der Waals surface area contributed by atoms with Gasteiger partial charge in [-0.3, -0.25) is 0 Å². The van der Waals surface area contributed by atoms with Crippen molar-refractivity contribution in [3.63, 3.8) is 0 Å². The Labute approximate surface area is 215 Å². The molecule has 2 aromatic carbocycles. The zero-order chi connectivity index (χ0) is 26.8. The molecule has 0 bridgehead atoms. The van der Waals surface area contributed by atoms with E-state index in [4.69, 9.17) is 0 Å². The Hall–Kier alpha value is -2.06. The zero-order valence-corrected chi connectivity index (χ0v) is 21.8. The van der Waals surface area contributed by atoms with Crippen LogP contribution in [0.3, 0.4) is 0 Å². The van der Waals surface area contributed by atoms with Gasteiger partial charge in [-0.25, -0.2) is 0 Å². The summed E-state index contributed by atoms with van der Waals surface area (Å²) in [5, 5.41) is 66.0. The summed E-state index contributed by atoms with van der Waals surface area (Å²) in [6, 6.07) is 15.2. The van der Waals surface area contributed by atoms with Crippen LogP contribution in [0.5, 0.6) is 0 Å². The largest absolute Gasteiger partial charge is 0.394 e. The van der Waals surface area contributed by atoms with Gasteiger partial charge < -0.3 is 30.6 Å². The predicted molar refractivity (Wildman–Crippen MR) is 143 cm³/mol. The number of benzene rings is 2. The van der Waals surface area contributed by atoms with E-state index in [2.05, 4.69) is 13.8 Å². The fraction of sp³-hybridized carbons (Fsp3) is 0.533. The summed E-state index contributed by atoms with van der Waals surface area (Å²) in [5.74, 6) is 0. The Morgan fingerprint density at radius 3 is 1.78 bits per heavy atom. The second kappa shape index (κ2) is 14.0. The van der Waals surface area contributed by atoms with Crippen LogP contribution in [0.1, 0.15) is 62.3 Å². The van der Waals surface area contributed by atoms with Crippen molar-refractivity contribution >= 4 is 0 Å². The van der Waals surface area contributed by atoms with Crippen molar-refractivity contribution in [1.29, 1.82) is 0 Å². The van der Waals surface area contributed by atoms with Gasteiger partial charge in [-0.2, -0.15) is 0 Å². The molecule has 0 saturated heterocycles. The zero-order valence-electron chi connectivity index (χ0n) is 21.8. The first-order chi connectivity index (χ1) is 17.1.